The van der Waals surface area contributed by atoms with E-state index in [2.05, 4.69) is 50.4 Å². The van der Waals surface area contributed by atoms with E-state index in [9.17, 15) is 8.42 Å². The number of sulfone groups is 1. The smallest absolute Gasteiger partial charge is 0.150 e. The van der Waals surface area contributed by atoms with Gasteiger partial charge in [0.25, 0.3) is 0 Å². The van der Waals surface area contributed by atoms with Crippen LogP contribution in [0.2, 0.25) is 0 Å². The van der Waals surface area contributed by atoms with Crippen LogP contribution in [0.15, 0.2) is 30.3 Å². The molecule has 1 N–H and O–H groups in total. The Labute approximate surface area is 130 Å². The van der Waals surface area contributed by atoms with Crippen LogP contribution in [-0.4, -0.2) is 32.5 Å². The van der Waals surface area contributed by atoms with E-state index in [1.165, 1.54) is 5.56 Å². The topological polar surface area (TPSA) is 46.2 Å². The molecule has 21 heavy (non-hydrogen) atoms. The van der Waals surface area contributed by atoms with Gasteiger partial charge in [-0.05, 0) is 24.9 Å². The molecule has 1 unspecified atom stereocenters. The molecule has 0 aliphatic carbocycles. The monoisotopic (exact) mass is 311 g/mol. The van der Waals surface area contributed by atoms with Gasteiger partial charge < -0.3 is 5.32 Å². The third-order valence-electron chi connectivity index (χ3n) is 4.23. The lowest BCUT2D eigenvalue weighted by atomic mass is 9.76. The van der Waals surface area contributed by atoms with Crippen molar-refractivity contribution in [2.45, 2.75) is 52.0 Å². The van der Waals surface area contributed by atoms with Crippen LogP contribution in [0.1, 0.15) is 46.1 Å². The number of nitrogens with one attached hydrogen (secondary N) is 1. The summed E-state index contributed by atoms with van der Waals surface area (Å²) in [6.07, 6.45) is 1.58. The molecule has 0 radical (unpaired) electrons. The Morgan fingerprint density at radius 1 is 1.14 bits per heavy atom. The van der Waals surface area contributed by atoms with E-state index in [0.717, 1.165) is 13.0 Å². The van der Waals surface area contributed by atoms with Crippen molar-refractivity contribution >= 4 is 9.84 Å². The third kappa shape index (κ3) is 5.44. The Bertz CT molecular complexity index is 509. The zero-order chi connectivity index (χ0) is 15.9. The molecular weight excluding hydrogens is 282 g/mol. The summed E-state index contributed by atoms with van der Waals surface area (Å²) in [6, 6.07) is 10.7. The van der Waals surface area contributed by atoms with E-state index in [4.69, 9.17) is 0 Å². The van der Waals surface area contributed by atoms with Crippen molar-refractivity contribution in [3.8, 4) is 0 Å². The first-order chi connectivity index (χ1) is 9.83. The van der Waals surface area contributed by atoms with Gasteiger partial charge in [0.05, 0.1) is 5.75 Å². The molecule has 3 nitrogen and oxygen atoms in total. The summed E-state index contributed by atoms with van der Waals surface area (Å²) in [5.74, 6) is 0.525. The first-order valence-electron chi connectivity index (χ1n) is 7.82. The molecule has 4 heteroatoms. The molecule has 1 aromatic carbocycles. The summed E-state index contributed by atoms with van der Waals surface area (Å²) in [6.45, 7) is 9.15. The van der Waals surface area contributed by atoms with Crippen LogP contribution in [0.25, 0.3) is 0 Å². The Balaban J connectivity index is 2.76. The Morgan fingerprint density at radius 2 is 1.76 bits per heavy atom. The normalized spacial score (nSPS) is 14.1. The van der Waals surface area contributed by atoms with Gasteiger partial charge in [-0.1, -0.05) is 58.0 Å². The van der Waals surface area contributed by atoms with Crippen molar-refractivity contribution in [1.82, 2.24) is 5.32 Å². The fourth-order valence-electron chi connectivity index (χ4n) is 2.69. The van der Waals surface area contributed by atoms with Crippen LogP contribution in [0.3, 0.4) is 0 Å². The van der Waals surface area contributed by atoms with Crippen LogP contribution in [0.5, 0.6) is 0 Å². The maximum Gasteiger partial charge on any atom is 0.150 e. The van der Waals surface area contributed by atoms with E-state index in [-0.39, 0.29) is 23.0 Å². The molecule has 0 bridgehead atoms. The molecular formula is C17H29NO2S. The quantitative estimate of drug-likeness (QED) is 0.762. The van der Waals surface area contributed by atoms with Crippen LogP contribution < -0.4 is 5.32 Å². The van der Waals surface area contributed by atoms with Crippen molar-refractivity contribution < 1.29 is 8.42 Å². The van der Waals surface area contributed by atoms with Gasteiger partial charge in [-0.2, -0.15) is 0 Å². The van der Waals surface area contributed by atoms with Gasteiger partial charge in [0.1, 0.15) is 9.84 Å². The van der Waals surface area contributed by atoms with E-state index >= 15 is 0 Å². The second-order valence-electron chi connectivity index (χ2n) is 6.08. The van der Waals surface area contributed by atoms with Crippen molar-refractivity contribution in [2.24, 2.45) is 0 Å². The maximum atomic E-state index is 11.6. The Kier molecular flexibility index (Phi) is 6.88. The highest BCUT2D eigenvalue weighted by atomic mass is 32.2. The zero-order valence-corrected chi connectivity index (χ0v) is 14.5. The molecule has 0 aliphatic rings. The molecule has 1 atom stereocenters. The van der Waals surface area contributed by atoms with Crippen LogP contribution in [-0.2, 0) is 15.3 Å². The number of hydrogen-bond acceptors (Lipinski definition) is 3. The van der Waals surface area contributed by atoms with E-state index in [1.54, 1.807) is 6.92 Å². The van der Waals surface area contributed by atoms with Gasteiger partial charge in [-0.25, -0.2) is 8.42 Å². The van der Waals surface area contributed by atoms with E-state index in [1.807, 2.05) is 6.07 Å². The SMILES string of the molecule is CCNC(CCCS(=O)(=O)CC)C(C)(C)c1ccccc1. The van der Waals surface area contributed by atoms with Crippen LogP contribution in [0.4, 0.5) is 0 Å². The highest BCUT2D eigenvalue weighted by molar-refractivity contribution is 7.91. The average molecular weight is 311 g/mol. The average Bonchev–Trinajstić information content (AvgIpc) is 2.47. The highest BCUT2D eigenvalue weighted by Gasteiger charge is 2.30. The third-order valence-corrected chi connectivity index (χ3v) is 6.02. The fourth-order valence-corrected chi connectivity index (χ4v) is 3.58. The second-order valence-corrected chi connectivity index (χ2v) is 8.55. The highest BCUT2D eigenvalue weighted by Crippen LogP contribution is 2.29. The molecule has 0 fully saturated rings. The van der Waals surface area contributed by atoms with Gasteiger partial charge in [0.15, 0.2) is 0 Å². The summed E-state index contributed by atoms with van der Waals surface area (Å²) in [5.41, 5.74) is 1.27. The molecule has 0 aromatic heterocycles. The minimum Gasteiger partial charge on any atom is -0.313 e. The maximum absolute atomic E-state index is 11.6. The van der Waals surface area contributed by atoms with E-state index in [0.29, 0.717) is 6.42 Å². The van der Waals surface area contributed by atoms with Gasteiger partial charge in [-0.3, -0.25) is 0 Å². The molecule has 0 heterocycles. The van der Waals surface area contributed by atoms with Crippen LogP contribution in [0, 0.1) is 0 Å². The second kappa shape index (κ2) is 7.95. The predicted molar refractivity (Wildman–Crippen MR) is 90.5 cm³/mol. The summed E-state index contributed by atoms with van der Waals surface area (Å²) in [4.78, 5) is 0. The molecule has 0 spiro atoms. The number of hydrogen-bond donors (Lipinski definition) is 1. The number of rotatable bonds is 9. The lowest BCUT2D eigenvalue weighted by Gasteiger charge is -2.36. The fraction of sp³-hybridized carbons (Fsp3) is 0.647. The number of likely N-dealkylation sites (N-methyl/N-ethyl adjacent to an activating group) is 1. The predicted octanol–water partition coefficient (Wildman–Crippen LogP) is 3.16. The molecule has 0 aliphatic heterocycles. The summed E-state index contributed by atoms with van der Waals surface area (Å²) < 4.78 is 23.3. The van der Waals surface area contributed by atoms with Gasteiger partial charge in [0.2, 0.25) is 0 Å². The van der Waals surface area contributed by atoms with Gasteiger partial charge >= 0.3 is 0 Å². The molecule has 120 valence electrons. The molecule has 0 saturated carbocycles. The van der Waals surface area contributed by atoms with Gasteiger partial charge in [-0.15, -0.1) is 0 Å². The van der Waals surface area contributed by atoms with Crippen molar-refractivity contribution in [1.29, 1.82) is 0 Å². The lowest BCUT2D eigenvalue weighted by Crippen LogP contribution is -2.45. The standard InChI is InChI=1S/C17H29NO2S/c1-5-18-16(13-10-14-21(19,20)6-2)17(3,4)15-11-8-7-9-12-15/h7-9,11-12,16,18H,5-6,10,13-14H2,1-4H3. The molecule has 0 amide bonds. The number of benzene rings is 1. The van der Waals surface area contributed by atoms with Crippen LogP contribution >= 0.6 is 0 Å². The van der Waals surface area contributed by atoms with E-state index < -0.39 is 9.84 Å². The van der Waals surface area contributed by atoms with Crippen molar-refractivity contribution in [3.63, 3.8) is 0 Å². The van der Waals surface area contributed by atoms with Gasteiger partial charge in [0, 0.05) is 17.2 Å². The molecule has 0 saturated heterocycles. The molecule has 1 rings (SSSR count). The Morgan fingerprint density at radius 3 is 2.29 bits per heavy atom. The molecule has 1 aromatic rings. The minimum atomic E-state index is -2.87. The first-order valence-corrected chi connectivity index (χ1v) is 9.65. The zero-order valence-electron chi connectivity index (χ0n) is 13.7. The van der Waals surface area contributed by atoms with Crippen molar-refractivity contribution in [3.05, 3.63) is 35.9 Å². The summed E-state index contributed by atoms with van der Waals surface area (Å²) >= 11 is 0. The minimum absolute atomic E-state index is 0.0206. The summed E-state index contributed by atoms with van der Waals surface area (Å²) in [5, 5.41) is 3.53. The van der Waals surface area contributed by atoms with Crippen molar-refractivity contribution in [2.75, 3.05) is 18.1 Å². The Hall–Kier alpha value is -0.870. The summed E-state index contributed by atoms with van der Waals surface area (Å²) in [7, 11) is -2.87. The lowest BCUT2D eigenvalue weighted by molar-refractivity contribution is 0.325. The first kappa shape index (κ1) is 18.2. The largest absolute Gasteiger partial charge is 0.313 e.